The van der Waals surface area contributed by atoms with Gasteiger partial charge in [0, 0.05) is 5.56 Å². The number of nitrogen functional groups attached to an aromatic ring is 1. The number of hydrogen-bond acceptors (Lipinski definition) is 9. The molecule has 4 aromatic rings. The number of benzene rings is 2. The predicted octanol–water partition coefficient (Wildman–Crippen LogP) is 1.98. The third kappa shape index (κ3) is 4.10. The molecule has 3 N–H and O–H groups in total. The molecule has 0 fully saturated rings. The van der Waals surface area contributed by atoms with E-state index in [9.17, 15) is 4.79 Å². The van der Waals surface area contributed by atoms with Crippen molar-refractivity contribution < 1.29 is 14.2 Å². The van der Waals surface area contributed by atoms with Crippen LogP contribution in [-0.2, 0) is 0 Å². The van der Waals surface area contributed by atoms with E-state index in [1.807, 2.05) is 31.2 Å². The van der Waals surface area contributed by atoms with E-state index >= 15 is 0 Å². The van der Waals surface area contributed by atoms with Gasteiger partial charge in [-0.05, 0) is 34.9 Å². The Bertz CT molecular complexity index is 1240. The number of anilines is 1. The molecule has 4 rings (SSSR count). The number of carbonyl (C=O) groups is 1. The highest BCUT2D eigenvalue weighted by atomic mass is 16.6. The van der Waals surface area contributed by atoms with Crippen LogP contribution in [0.4, 0.5) is 5.82 Å². The Morgan fingerprint density at radius 3 is 2.74 bits per heavy atom. The predicted molar refractivity (Wildman–Crippen MR) is 112 cm³/mol. The van der Waals surface area contributed by atoms with Crippen LogP contribution in [0.15, 0.2) is 58.3 Å². The van der Waals surface area contributed by atoms with Crippen molar-refractivity contribution in [1.82, 2.24) is 30.7 Å². The summed E-state index contributed by atoms with van der Waals surface area (Å²) >= 11 is 0. The van der Waals surface area contributed by atoms with E-state index in [0.717, 1.165) is 11.1 Å². The molecule has 11 nitrogen and oxygen atoms in total. The number of aryl methyl sites for hydroxylation is 1. The highest BCUT2D eigenvalue weighted by molar-refractivity contribution is 5.98. The molecular formula is C20H18N8O3. The van der Waals surface area contributed by atoms with Crippen LogP contribution in [0.25, 0.3) is 17.1 Å². The second kappa shape index (κ2) is 8.45. The molecule has 2 aromatic heterocycles. The monoisotopic (exact) mass is 418 g/mol. The lowest BCUT2D eigenvalue weighted by Gasteiger charge is -2.07. The molecule has 2 aromatic carbocycles. The second-order valence-corrected chi connectivity index (χ2v) is 6.51. The fraction of sp³-hybridized carbons (Fsp3) is 0.100. The van der Waals surface area contributed by atoms with Crippen LogP contribution in [0.1, 0.15) is 21.6 Å². The SMILES string of the molecule is COc1cccc(-c2c(C(=O)NN=Cc3ccc(C)cc3)nnn2-c2nonc2N)c1. The second-order valence-electron chi connectivity index (χ2n) is 6.51. The average Bonchev–Trinajstić information content (AvgIpc) is 3.41. The van der Waals surface area contributed by atoms with Gasteiger partial charge in [-0.25, -0.2) is 10.1 Å². The van der Waals surface area contributed by atoms with Crippen molar-refractivity contribution in [1.29, 1.82) is 0 Å². The van der Waals surface area contributed by atoms with E-state index in [2.05, 4.69) is 35.8 Å². The Kier molecular flexibility index (Phi) is 5.39. The average molecular weight is 418 g/mol. The first kappa shape index (κ1) is 19.8. The summed E-state index contributed by atoms with van der Waals surface area (Å²) in [5.41, 5.74) is 11.2. The molecule has 11 heteroatoms. The van der Waals surface area contributed by atoms with Gasteiger partial charge in [-0.15, -0.1) is 5.10 Å². The van der Waals surface area contributed by atoms with Crippen LogP contribution < -0.4 is 15.9 Å². The summed E-state index contributed by atoms with van der Waals surface area (Å²) < 4.78 is 11.2. The van der Waals surface area contributed by atoms with E-state index in [1.165, 1.54) is 10.9 Å². The lowest BCUT2D eigenvalue weighted by Crippen LogP contribution is -2.19. The van der Waals surface area contributed by atoms with Crippen molar-refractivity contribution in [3.63, 3.8) is 0 Å². The number of ether oxygens (including phenoxy) is 1. The largest absolute Gasteiger partial charge is 0.497 e. The molecule has 0 unspecified atom stereocenters. The Hall–Kier alpha value is -4.54. The van der Waals surface area contributed by atoms with Gasteiger partial charge in [0.2, 0.25) is 11.6 Å². The van der Waals surface area contributed by atoms with Crippen molar-refractivity contribution in [2.24, 2.45) is 5.10 Å². The minimum Gasteiger partial charge on any atom is -0.497 e. The Balaban J connectivity index is 1.70. The number of nitrogens with two attached hydrogens (primary N) is 1. The number of amides is 1. The Labute approximate surface area is 176 Å². The fourth-order valence-electron chi connectivity index (χ4n) is 2.82. The summed E-state index contributed by atoms with van der Waals surface area (Å²) in [4.78, 5) is 12.8. The normalized spacial score (nSPS) is 11.0. The van der Waals surface area contributed by atoms with Gasteiger partial charge >= 0.3 is 0 Å². The van der Waals surface area contributed by atoms with Gasteiger partial charge in [0.05, 0.1) is 13.3 Å². The van der Waals surface area contributed by atoms with Gasteiger partial charge < -0.3 is 10.5 Å². The van der Waals surface area contributed by atoms with Crippen molar-refractivity contribution in [2.45, 2.75) is 6.92 Å². The van der Waals surface area contributed by atoms with E-state index in [1.54, 1.807) is 31.4 Å². The zero-order valence-corrected chi connectivity index (χ0v) is 16.7. The quantitative estimate of drug-likeness (QED) is 0.357. The van der Waals surface area contributed by atoms with Gasteiger partial charge in [-0.3, -0.25) is 4.79 Å². The first-order valence-corrected chi connectivity index (χ1v) is 9.15. The number of aromatic nitrogens is 5. The molecule has 0 saturated heterocycles. The number of nitrogens with one attached hydrogen (secondary N) is 1. The van der Waals surface area contributed by atoms with Crippen LogP contribution in [-0.4, -0.2) is 44.5 Å². The van der Waals surface area contributed by atoms with Gasteiger partial charge in [-0.2, -0.15) is 9.78 Å². The Morgan fingerprint density at radius 2 is 2.03 bits per heavy atom. The molecule has 0 aliphatic carbocycles. The van der Waals surface area contributed by atoms with Crippen molar-refractivity contribution in [2.75, 3.05) is 12.8 Å². The number of hydrogen-bond donors (Lipinski definition) is 2. The number of carbonyl (C=O) groups excluding carboxylic acids is 1. The van der Waals surface area contributed by atoms with E-state index < -0.39 is 5.91 Å². The van der Waals surface area contributed by atoms with Gasteiger partial charge in [0.1, 0.15) is 11.4 Å². The molecular weight excluding hydrogens is 400 g/mol. The minimum absolute atomic E-state index is 0.00149. The molecule has 156 valence electrons. The van der Waals surface area contributed by atoms with Crippen LogP contribution in [0.3, 0.4) is 0 Å². The van der Waals surface area contributed by atoms with Gasteiger partial charge in [0.25, 0.3) is 5.91 Å². The summed E-state index contributed by atoms with van der Waals surface area (Å²) in [6.07, 6.45) is 1.53. The van der Waals surface area contributed by atoms with E-state index in [-0.39, 0.29) is 17.3 Å². The highest BCUT2D eigenvalue weighted by Crippen LogP contribution is 2.28. The van der Waals surface area contributed by atoms with Gasteiger partial charge in [0.15, 0.2) is 5.69 Å². The molecule has 0 atom stereocenters. The molecule has 0 aliphatic heterocycles. The molecule has 0 saturated carbocycles. The van der Waals surface area contributed by atoms with Crippen LogP contribution in [0, 0.1) is 6.92 Å². The van der Waals surface area contributed by atoms with Crippen LogP contribution in [0.2, 0.25) is 0 Å². The van der Waals surface area contributed by atoms with Gasteiger partial charge in [-0.1, -0.05) is 47.2 Å². The van der Waals surface area contributed by atoms with E-state index in [0.29, 0.717) is 17.0 Å². The highest BCUT2D eigenvalue weighted by Gasteiger charge is 2.25. The zero-order valence-electron chi connectivity index (χ0n) is 16.7. The summed E-state index contributed by atoms with van der Waals surface area (Å²) in [5, 5.41) is 19.3. The van der Waals surface area contributed by atoms with Crippen LogP contribution in [0.5, 0.6) is 5.75 Å². The Morgan fingerprint density at radius 1 is 1.23 bits per heavy atom. The summed E-state index contributed by atoms with van der Waals surface area (Å²) in [5.74, 6) is 0.119. The molecule has 0 spiro atoms. The number of methoxy groups -OCH3 is 1. The summed E-state index contributed by atoms with van der Waals surface area (Å²) in [7, 11) is 1.54. The third-order valence-electron chi connectivity index (χ3n) is 4.38. The zero-order chi connectivity index (χ0) is 21.8. The van der Waals surface area contributed by atoms with Crippen molar-refractivity contribution >= 4 is 17.9 Å². The number of rotatable bonds is 6. The maximum absolute atomic E-state index is 12.8. The lowest BCUT2D eigenvalue weighted by atomic mass is 10.1. The summed E-state index contributed by atoms with van der Waals surface area (Å²) in [6.45, 7) is 1.99. The van der Waals surface area contributed by atoms with Crippen molar-refractivity contribution in [3.8, 4) is 22.8 Å². The number of nitrogens with zero attached hydrogens (tertiary/aromatic N) is 6. The molecule has 1 amide bonds. The maximum Gasteiger partial charge on any atom is 0.294 e. The third-order valence-corrected chi connectivity index (χ3v) is 4.38. The molecule has 2 heterocycles. The maximum atomic E-state index is 12.8. The smallest absolute Gasteiger partial charge is 0.294 e. The first-order chi connectivity index (χ1) is 15.1. The molecule has 0 aliphatic rings. The fourth-order valence-corrected chi connectivity index (χ4v) is 2.82. The van der Waals surface area contributed by atoms with Crippen molar-refractivity contribution in [3.05, 3.63) is 65.4 Å². The molecule has 31 heavy (non-hydrogen) atoms. The molecule has 0 radical (unpaired) electrons. The number of hydrazone groups is 1. The summed E-state index contributed by atoms with van der Waals surface area (Å²) in [6, 6.07) is 14.7. The first-order valence-electron chi connectivity index (χ1n) is 9.15. The minimum atomic E-state index is -0.567. The molecule has 0 bridgehead atoms. The van der Waals surface area contributed by atoms with Crippen LogP contribution >= 0.6 is 0 Å². The topological polar surface area (TPSA) is 146 Å². The van der Waals surface area contributed by atoms with E-state index in [4.69, 9.17) is 10.5 Å². The lowest BCUT2D eigenvalue weighted by molar-refractivity contribution is 0.0950. The standard InChI is InChI=1S/C20H18N8O3/c1-12-6-8-13(9-7-12)11-22-24-20(29)16-17(14-4-3-5-15(10-14)30-2)28(27-23-16)19-18(21)25-31-26-19/h3-11H,1-2H3,(H2,21,25)(H,24,29).